The Bertz CT molecular complexity index is 497. The summed E-state index contributed by atoms with van der Waals surface area (Å²) in [6.45, 7) is 0.236. The Hall–Kier alpha value is -2.10. The maximum Gasteiger partial charge on any atom is 0.404 e. The number of nitrogens with zero attached hydrogens (tertiary/aromatic N) is 1. The number of carboxylic acid groups (broad SMARTS) is 1. The van der Waals surface area contributed by atoms with Crippen LogP contribution < -0.4 is 5.32 Å². The molecule has 2 N–H and O–H groups in total. The summed E-state index contributed by atoms with van der Waals surface area (Å²) in [5.41, 5.74) is 1.60. The Morgan fingerprint density at radius 1 is 1.27 bits per heavy atom. The number of aromatic nitrogens is 1. The van der Waals surface area contributed by atoms with E-state index in [9.17, 15) is 4.79 Å². The fourth-order valence-electron chi connectivity index (χ4n) is 1.37. The van der Waals surface area contributed by atoms with E-state index < -0.39 is 6.09 Å². The van der Waals surface area contributed by atoms with Gasteiger partial charge in [0.1, 0.15) is 0 Å². The van der Waals surface area contributed by atoms with Crippen molar-refractivity contribution in [2.45, 2.75) is 6.54 Å². The summed E-state index contributed by atoms with van der Waals surface area (Å²) in [6.07, 6.45) is -1.04. The van der Waals surface area contributed by atoms with Gasteiger partial charge in [0.25, 0.3) is 0 Å². The molecule has 0 unspecified atom stereocenters. The molecule has 2 rings (SSSR count). The van der Waals surface area contributed by atoms with E-state index in [0.29, 0.717) is 0 Å². The molecule has 4 heteroatoms. The molecule has 0 bridgehead atoms. The van der Waals surface area contributed by atoms with Crippen LogP contribution in [-0.4, -0.2) is 16.2 Å². The molecule has 76 valence electrons. The smallest absolute Gasteiger partial charge is 0.404 e. The van der Waals surface area contributed by atoms with E-state index in [-0.39, 0.29) is 6.54 Å². The van der Waals surface area contributed by atoms with Gasteiger partial charge < -0.3 is 10.4 Å². The Morgan fingerprint density at radius 2 is 2.07 bits per heavy atom. The Morgan fingerprint density at radius 3 is 2.87 bits per heavy atom. The summed E-state index contributed by atoms with van der Waals surface area (Å²) in [5.74, 6) is 0. The second kappa shape index (κ2) is 3.96. The summed E-state index contributed by atoms with van der Waals surface area (Å²) >= 11 is 0. The second-order valence-corrected chi connectivity index (χ2v) is 3.15. The molecular formula is C11H10N2O2. The van der Waals surface area contributed by atoms with E-state index in [1.807, 2.05) is 36.4 Å². The number of hydrogen-bond donors (Lipinski definition) is 2. The third kappa shape index (κ3) is 2.22. The molecule has 0 aliphatic heterocycles. The molecule has 2 aromatic rings. The van der Waals surface area contributed by atoms with Crippen LogP contribution in [0.3, 0.4) is 0 Å². The van der Waals surface area contributed by atoms with E-state index in [0.717, 1.165) is 16.6 Å². The van der Waals surface area contributed by atoms with Crippen molar-refractivity contribution in [3.8, 4) is 0 Å². The quantitative estimate of drug-likeness (QED) is 0.782. The molecule has 1 aromatic heterocycles. The van der Waals surface area contributed by atoms with E-state index in [1.165, 1.54) is 0 Å². The van der Waals surface area contributed by atoms with Crippen molar-refractivity contribution in [3.05, 3.63) is 42.1 Å². The van der Waals surface area contributed by atoms with Crippen LogP contribution in [0.2, 0.25) is 0 Å². The van der Waals surface area contributed by atoms with E-state index in [2.05, 4.69) is 10.3 Å². The van der Waals surface area contributed by atoms with Gasteiger partial charge in [-0.2, -0.15) is 0 Å². The van der Waals surface area contributed by atoms with Crippen molar-refractivity contribution in [2.75, 3.05) is 0 Å². The van der Waals surface area contributed by atoms with Crippen LogP contribution in [0.1, 0.15) is 5.69 Å². The maximum absolute atomic E-state index is 10.3. The minimum atomic E-state index is -1.04. The maximum atomic E-state index is 10.3. The number of pyridine rings is 1. The van der Waals surface area contributed by atoms with E-state index in [1.54, 1.807) is 0 Å². The van der Waals surface area contributed by atoms with Gasteiger partial charge in [-0.15, -0.1) is 0 Å². The molecule has 0 spiro atoms. The monoisotopic (exact) mass is 202 g/mol. The second-order valence-electron chi connectivity index (χ2n) is 3.15. The van der Waals surface area contributed by atoms with Gasteiger partial charge in [0.15, 0.2) is 0 Å². The van der Waals surface area contributed by atoms with Crippen molar-refractivity contribution in [1.82, 2.24) is 10.3 Å². The molecule has 1 amide bonds. The van der Waals surface area contributed by atoms with Gasteiger partial charge in [0.2, 0.25) is 0 Å². The van der Waals surface area contributed by atoms with Gasteiger partial charge in [0, 0.05) is 5.39 Å². The Balaban J connectivity index is 2.26. The predicted octanol–water partition coefficient (Wildman–Crippen LogP) is 2.00. The summed E-state index contributed by atoms with van der Waals surface area (Å²) in [6, 6.07) is 11.5. The van der Waals surface area contributed by atoms with Gasteiger partial charge in [0.05, 0.1) is 17.8 Å². The molecule has 15 heavy (non-hydrogen) atoms. The number of rotatable bonds is 2. The van der Waals surface area contributed by atoms with Crippen molar-refractivity contribution in [3.63, 3.8) is 0 Å². The zero-order valence-electron chi connectivity index (χ0n) is 7.97. The molecule has 0 aliphatic carbocycles. The lowest BCUT2D eigenvalue weighted by molar-refractivity contribution is 0.194. The lowest BCUT2D eigenvalue weighted by Gasteiger charge is -2.02. The molecule has 0 radical (unpaired) electrons. The molecule has 0 saturated carbocycles. The highest BCUT2D eigenvalue weighted by Gasteiger charge is 1.99. The summed E-state index contributed by atoms with van der Waals surface area (Å²) < 4.78 is 0. The van der Waals surface area contributed by atoms with Gasteiger partial charge in [-0.1, -0.05) is 24.3 Å². The molecular weight excluding hydrogens is 192 g/mol. The largest absolute Gasteiger partial charge is 0.465 e. The molecule has 4 nitrogen and oxygen atoms in total. The van der Waals surface area contributed by atoms with Crippen molar-refractivity contribution in [2.24, 2.45) is 0 Å². The van der Waals surface area contributed by atoms with Crippen LogP contribution in [0.5, 0.6) is 0 Å². The minimum Gasteiger partial charge on any atom is -0.465 e. The average Bonchev–Trinajstić information content (AvgIpc) is 2.26. The third-order valence-electron chi connectivity index (χ3n) is 2.08. The zero-order chi connectivity index (χ0) is 10.7. The third-order valence-corrected chi connectivity index (χ3v) is 2.08. The molecule has 1 aromatic carbocycles. The molecule has 0 aliphatic rings. The van der Waals surface area contributed by atoms with Crippen LogP contribution >= 0.6 is 0 Å². The fourth-order valence-corrected chi connectivity index (χ4v) is 1.37. The number of hydrogen-bond acceptors (Lipinski definition) is 2. The van der Waals surface area contributed by atoms with Gasteiger partial charge in [-0.05, 0) is 12.1 Å². The van der Waals surface area contributed by atoms with Gasteiger partial charge in [-0.3, -0.25) is 4.98 Å². The van der Waals surface area contributed by atoms with Crippen LogP contribution in [0.15, 0.2) is 36.4 Å². The lowest BCUT2D eigenvalue weighted by Crippen LogP contribution is -2.20. The molecule has 0 fully saturated rings. The summed E-state index contributed by atoms with van der Waals surface area (Å²) in [5, 5.41) is 11.8. The predicted molar refractivity (Wildman–Crippen MR) is 56.6 cm³/mol. The van der Waals surface area contributed by atoms with Crippen molar-refractivity contribution < 1.29 is 9.90 Å². The van der Waals surface area contributed by atoms with Gasteiger partial charge >= 0.3 is 6.09 Å². The topological polar surface area (TPSA) is 62.2 Å². The first kappa shape index (κ1) is 9.45. The van der Waals surface area contributed by atoms with Crippen molar-refractivity contribution in [1.29, 1.82) is 0 Å². The number of amides is 1. The zero-order valence-corrected chi connectivity index (χ0v) is 7.97. The fraction of sp³-hybridized carbons (Fsp3) is 0.0909. The van der Waals surface area contributed by atoms with Crippen LogP contribution in [-0.2, 0) is 6.54 Å². The highest BCUT2D eigenvalue weighted by molar-refractivity contribution is 5.78. The number of carbonyl (C=O) groups is 1. The first-order valence-corrected chi connectivity index (χ1v) is 4.57. The summed E-state index contributed by atoms with van der Waals surface area (Å²) in [4.78, 5) is 14.6. The van der Waals surface area contributed by atoms with Crippen molar-refractivity contribution >= 4 is 17.0 Å². The SMILES string of the molecule is O=C(O)NCc1ccc2ccccc2n1. The standard InChI is InChI=1S/C11H10N2O2/c14-11(15)12-7-9-6-5-8-3-1-2-4-10(8)13-9/h1-6,12H,7H2,(H,14,15). The van der Waals surface area contributed by atoms with Crippen LogP contribution in [0.25, 0.3) is 10.9 Å². The Labute approximate surface area is 86.6 Å². The van der Waals surface area contributed by atoms with E-state index in [4.69, 9.17) is 5.11 Å². The number of para-hydroxylation sites is 1. The first-order valence-electron chi connectivity index (χ1n) is 4.57. The number of nitrogens with one attached hydrogen (secondary N) is 1. The molecule has 0 saturated heterocycles. The highest BCUT2D eigenvalue weighted by atomic mass is 16.4. The highest BCUT2D eigenvalue weighted by Crippen LogP contribution is 2.11. The average molecular weight is 202 g/mol. The van der Waals surface area contributed by atoms with Crippen LogP contribution in [0.4, 0.5) is 4.79 Å². The number of fused-ring (bicyclic) bond motifs is 1. The lowest BCUT2D eigenvalue weighted by atomic mass is 10.2. The molecule has 1 heterocycles. The van der Waals surface area contributed by atoms with Gasteiger partial charge in [-0.25, -0.2) is 4.79 Å². The Kier molecular flexibility index (Phi) is 2.49. The van der Waals surface area contributed by atoms with E-state index >= 15 is 0 Å². The normalized spacial score (nSPS) is 10.1. The minimum absolute atomic E-state index is 0.236. The van der Waals surface area contributed by atoms with Crippen LogP contribution in [0, 0.1) is 0 Å². The number of benzene rings is 1. The summed E-state index contributed by atoms with van der Waals surface area (Å²) in [7, 11) is 0. The molecule has 0 atom stereocenters. The first-order chi connectivity index (χ1) is 7.25.